The Hall–Kier alpha value is -1.93. The predicted molar refractivity (Wildman–Crippen MR) is 75.6 cm³/mol. The minimum atomic E-state index is -1.39. The maximum absolute atomic E-state index is 11.4. The maximum atomic E-state index is 11.4. The molecule has 2 aromatic rings. The molecule has 0 radical (unpaired) electrons. The van der Waals surface area contributed by atoms with Crippen LogP contribution in [-0.4, -0.2) is 46.5 Å². The number of aliphatic hydroxyl groups is 3. The van der Waals surface area contributed by atoms with Crippen molar-refractivity contribution in [3.63, 3.8) is 0 Å². The summed E-state index contributed by atoms with van der Waals surface area (Å²) < 4.78 is 15.7. The van der Waals surface area contributed by atoms with Crippen LogP contribution < -0.4 is 10.4 Å². The molecular formula is C15H16O7. The van der Waals surface area contributed by atoms with Crippen LogP contribution in [0.15, 0.2) is 33.5 Å². The van der Waals surface area contributed by atoms with Crippen molar-refractivity contribution in [3.05, 3.63) is 40.2 Å². The number of hydrogen-bond donors (Lipinski definition) is 3. The molecule has 1 saturated heterocycles. The Labute approximate surface area is 125 Å². The van der Waals surface area contributed by atoms with Crippen LogP contribution in [0.5, 0.6) is 5.75 Å². The quantitative estimate of drug-likeness (QED) is 0.666. The van der Waals surface area contributed by atoms with Gasteiger partial charge in [-0.2, -0.15) is 0 Å². The molecule has 1 aliphatic rings. The van der Waals surface area contributed by atoms with Crippen LogP contribution >= 0.6 is 0 Å². The average Bonchev–Trinajstić information content (AvgIpc) is 2.47. The Morgan fingerprint density at radius 2 is 1.95 bits per heavy atom. The second kappa shape index (κ2) is 5.69. The molecule has 0 bridgehead atoms. The zero-order valence-electron chi connectivity index (χ0n) is 11.8. The van der Waals surface area contributed by atoms with Crippen LogP contribution in [0.3, 0.4) is 0 Å². The number of aliphatic hydroxyl groups excluding tert-OH is 3. The minimum absolute atomic E-state index is 0.148. The van der Waals surface area contributed by atoms with E-state index < -0.39 is 30.2 Å². The van der Waals surface area contributed by atoms with E-state index in [4.69, 9.17) is 13.9 Å². The molecule has 3 rings (SSSR count). The zero-order valence-corrected chi connectivity index (χ0v) is 11.8. The molecular weight excluding hydrogens is 292 g/mol. The van der Waals surface area contributed by atoms with Crippen molar-refractivity contribution in [2.75, 3.05) is 6.61 Å². The molecule has 0 amide bonds. The van der Waals surface area contributed by atoms with Gasteiger partial charge >= 0.3 is 5.63 Å². The van der Waals surface area contributed by atoms with Crippen LogP contribution in [0.4, 0.5) is 0 Å². The van der Waals surface area contributed by atoms with Gasteiger partial charge in [0.1, 0.15) is 29.6 Å². The zero-order chi connectivity index (χ0) is 15.9. The summed E-state index contributed by atoms with van der Waals surface area (Å²) in [6, 6.07) is 6.28. The average molecular weight is 308 g/mol. The lowest BCUT2D eigenvalue weighted by Gasteiger charge is -2.34. The summed E-state index contributed by atoms with van der Waals surface area (Å²) in [5.74, 6) is 0.314. The highest BCUT2D eigenvalue weighted by Crippen LogP contribution is 2.25. The minimum Gasteiger partial charge on any atom is -0.462 e. The van der Waals surface area contributed by atoms with E-state index >= 15 is 0 Å². The van der Waals surface area contributed by atoms with Gasteiger partial charge in [-0.25, -0.2) is 4.79 Å². The topological polar surface area (TPSA) is 109 Å². The monoisotopic (exact) mass is 308 g/mol. The van der Waals surface area contributed by atoms with E-state index in [1.165, 1.54) is 12.1 Å². The number of ether oxygens (including phenoxy) is 2. The molecule has 7 heteroatoms. The van der Waals surface area contributed by atoms with Gasteiger partial charge in [0.05, 0.1) is 6.61 Å². The third-order valence-corrected chi connectivity index (χ3v) is 3.63. The molecule has 4 atom stereocenters. The molecule has 0 aliphatic carbocycles. The first kappa shape index (κ1) is 15.0. The second-order valence-corrected chi connectivity index (χ2v) is 5.27. The molecule has 0 spiro atoms. The summed E-state index contributed by atoms with van der Waals surface area (Å²) in [5.41, 5.74) is 0.674. The summed E-state index contributed by atoms with van der Waals surface area (Å²) in [6.07, 6.45) is -5.01. The first-order valence-corrected chi connectivity index (χ1v) is 6.82. The number of aryl methyl sites for hydroxylation is 1. The van der Waals surface area contributed by atoms with E-state index in [9.17, 15) is 20.1 Å². The van der Waals surface area contributed by atoms with E-state index in [2.05, 4.69) is 0 Å². The molecule has 2 heterocycles. The van der Waals surface area contributed by atoms with Gasteiger partial charge in [-0.05, 0) is 24.6 Å². The van der Waals surface area contributed by atoms with Gasteiger partial charge in [0, 0.05) is 17.5 Å². The SMILES string of the molecule is Cc1cc(=O)oc2cc(O[C@@H]3OC[C@H](O)[C@@H](O)[C@H]3O)ccc12. The Morgan fingerprint density at radius 3 is 2.73 bits per heavy atom. The molecule has 7 nitrogen and oxygen atoms in total. The maximum Gasteiger partial charge on any atom is 0.336 e. The van der Waals surface area contributed by atoms with E-state index in [1.54, 1.807) is 19.1 Å². The van der Waals surface area contributed by atoms with Gasteiger partial charge in [0.15, 0.2) is 0 Å². The Bertz CT molecular complexity index is 738. The fraction of sp³-hybridized carbons (Fsp3) is 0.400. The van der Waals surface area contributed by atoms with Crippen LogP contribution in [-0.2, 0) is 4.74 Å². The van der Waals surface area contributed by atoms with Gasteiger partial charge in [-0.3, -0.25) is 0 Å². The molecule has 118 valence electrons. The van der Waals surface area contributed by atoms with Gasteiger partial charge in [-0.1, -0.05) is 0 Å². The largest absolute Gasteiger partial charge is 0.462 e. The lowest BCUT2D eigenvalue weighted by atomic mass is 10.1. The lowest BCUT2D eigenvalue weighted by Crippen LogP contribution is -2.54. The fourth-order valence-electron chi connectivity index (χ4n) is 2.40. The molecule has 1 aliphatic heterocycles. The van der Waals surface area contributed by atoms with E-state index in [0.717, 1.165) is 10.9 Å². The van der Waals surface area contributed by atoms with Crippen molar-refractivity contribution >= 4 is 11.0 Å². The number of benzene rings is 1. The van der Waals surface area contributed by atoms with E-state index in [0.29, 0.717) is 11.3 Å². The Kier molecular flexibility index (Phi) is 3.88. The van der Waals surface area contributed by atoms with Crippen LogP contribution in [0.1, 0.15) is 5.56 Å². The summed E-state index contributed by atoms with van der Waals surface area (Å²) in [7, 11) is 0. The first-order valence-electron chi connectivity index (χ1n) is 6.82. The van der Waals surface area contributed by atoms with Gasteiger partial charge in [0.25, 0.3) is 0 Å². The summed E-state index contributed by atoms with van der Waals surface area (Å²) in [5, 5.41) is 29.6. The molecule has 1 aromatic heterocycles. The van der Waals surface area contributed by atoms with Crippen molar-refractivity contribution in [3.8, 4) is 5.75 Å². The van der Waals surface area contributed by atoms with E-state index in [-0.39, 0.29) is 6.61 Å². The van der Waals surface area contributed by atoms with Crippen molar-refractivity contribution in [2.45, 2.75) is 31.5 Å². The highest BCUT2D eigenvalue weighted by Gasteiger charge is 2.39. The van der Waals surface area contributed by atoms with Gasteiger partial charge in [-0.15, -0.1) is 0 Å². The Morgan fingerprint density at radius 1 is 1.18 bits per heavy atom. The van der Waals surface area contributed by atoms with Gasteiger partial charge in [0.2, 0.25) is 6.29 Å². The van der Waals surface area contributed by atoms with E-state index in [1.807, 2.05) is 0 Å². The predicted octanol–water partition coefficient (Wildman–Crippen LogP) is -0.0808. The highest BCUT2D eigenvalue weighted by molar-refractivity contribution is 5.81. The van der Waals surface area contributed by atoms with Gasteiger partial charge < -0.3 is 29.2 Å². The van der Waals surface area contributed by atoms with Crippen molar-refractivity contribution in [2.24, 2.45) is 0 Å². The van der Waals surface area contributed by atoms with Crippen LogP contribution in [0.25, 0.3) is 11.0 Å². The number of fused-ring (bicyclic) bond motifs is 1. The third-order valence-electron chi connectivity index (χ3n) is 3.63. The molecule has 3 N–H and O–H groups in total. The third kappa shape index (κ3) is 2.71. The normalized spacial score (nSPS) is 28.7. The molecule has 1 fully saturated rings. The van der Waals surface area contributed by atoms with Crippen LogP contribution in [0, 0.1) is 6.92 Å². The molecule has 1 aromatic carbocycles. The fourth-order valence-corrected chi connectivity index (χ4v) is 2.40. The van der Waals surface area contributed by atoms with Crippen molar-refractivity contribution < 1.29 is 29.2 Å². The molecule has 22 heavy (non-hydrogen) atoms. The summed E-state index contributed by atoms with van der Waals surface area (Å²) >= 11 is 0. The first-order chi connectivity index (χ1) is 10.5. The number of hydrogen-bond acceptors (Lipinski definition) is 7. The number of rotatable bonds is 2. The molecule has 0 saturated carbocycles. The highest BCUT2D eigenvalue weighted by atomic mass is 16.7. The smallest absolute Gasteiger partial charge is 0.336 e. The van der Waals surface area contributed by atoms with Crippen molar-refractivity contribution in [1.82, 2.24) is 0 Å². The van der Waals surface area contributed by atoms with Crippen molar-refractivity contribution in [1.29, 1.82) is 0 Å². The Balaban J connectivity index is 1.87. The van der Waals surface area contributed by atoms with Crippen LogP contribution in [0.2, 0.25) is 0 Å². The molecule has 0 unspecified atom stereocenters. The summed E-state index contributed by atoms with van der Waals surface area (Å²) in [6.45, 7) is 1.65. The summed E-state index contributed by atoms with van der Waals surface area (Å²) in [4.78, 5) is 11.4. The lowest BCUT2D eigenvalue weighted by molar-refractivity contribution is -0.242. The standard InChI is InChI=1S/C15H16O7/c1-7-4-12(17)22-11-5-8(2-3-9(7)11)21-15-14(19)13(18)10(16)6-20-15/h2-5,10,13-16,18-19H,6H2,1H3/t10-,13+,14+,15-/m0/s1. The second-order valence-electron chi connectivity index (χ2n) is 5.27.